The number of aromatic nitrogens is 1. The Morgan fingerprint density at radius 1 is 1.50 bits per heavy atom. The van der Waals surface area contributed by atoms with Crippen LogP contribution >= 0.6 is 23.4 Å². The summed E-state index contributed by atoms with van der Waals surface area (Å²) in [6.45, 7) is 3.71. The highest BCUT2D eigenvalue weighted by molar-refractivity contribution is 7.99. The van der Waals surface area contributed by atoms with Gasteiger partial charge in [-0.1, -0.05) is 11.6 Å². The van der Waals surface area contributed by atoms with Gasteiger partial charge in [-0.05, 0) is 6.07 Å². The van der Waals surface area contributed by atoms with Crippen molar-refractivity contribution in [1.82, 2.24) is 15.2 Å². The second-order valence-corrected chi connectivity index (χ2v) is 6.14. The molecule has 2 rings (SSSR count). The largest absolute Gasteiger partial charge is 0.373 e. The maximum atomic E-state index is 12.1. The van der Waals surface area contributed by atoms with E-state index < -0.39 is 0 Å². The maximum absolute atomic E-state index is 12.1. The van der Waals surface area contributed by atoms with Crippen LogP contribution in [-0.4, -0.2) is 60.5 Å². The molecule has 2 heterocycles. The van der Waals surface area contributed by atoms with E-state index in [2.05, 4.69) is 20.5 Å². The molecule has 1 aromatic rings. The first kappa shape index (κ1) is 15.4. The van der Waals surface area contributed by atoms with E-state index >= 15 is 0 Å². The molecule has 0 aliphatic carbocycles. The highest BCUT2D eigenvalue weighted by atomic mass is 35.5. The Hall–Kier alpha value is -0.980. The van der Waals surface area contributed by atoms with Crippen LogP contribution in [0.3, 0.4) is 0 Å². The molecule has 110 valence electrons. The molecular weight excluding hydrogens is 296 g/mol. The number of thioether (sulfide) groups is 1. The fourth-order valence-electron chi connectivity index (χ4n) is 2.00. The molecule has 2 N–H and O–H groups in total. The number of rotatable bonds is 5. The van der Waals surface area contributed by atoms with E-state index in [1.807, 2.05) is 11.8 Å². The molecule has 0 radical (unpaired) electrons. The summed E-state index contributed by atoms with van der Waals surface area (Å²) >= 11 is 7.99. The summed E-state index contributed by atoms with van der Waals surface area (Å²) in [4.78, 5) is 18.5. The van der Waals surface area contributed by atoms with E-state index in [9.17, 15) is 4.79 Å². The number of halogens is 1. The molecule has 1 saturated heterocycles. The molecule has 1 aliphatic heterocycles. The van der Waals surface area contributed by atoms with Gasteiger partial charge >= 0.3 is 0 Å². The van der Waals surface area contributed by atoms with Crippen molar-refractivity contribution in [2.24, 2.45) is 0 Å². The lowest BCUT2D eigenvalue weighted by Crippen LogP contribution is -2.39. The van der Waals surface area contributed by atoms with Crippen molar-refractivity contribution in [2.45, 2.75) is 0 Å². The molecule has 20 heavy (non-hydrogen) atoms. The summed E-state index contributed by atoms with van der Waals surface area (Å²) < 4.78 is 0. The van der Waals surface area contributed by atoms with Gasteiger partial charge in [-0.2, -0.15) is 11.8 Å². The third-order valence-corrected chi connectivity index (χ3v) is 4.42. The average Bonchev–Trinajstić information content (AvgIpc) is 2.48. The molecule has 0 unspecified atom stereocenters. The fraction of sp³-hybridized carbons (Fsp3) is 0.538. The summed E-state index contributed by atoms with van der Waals surface area (Å²) in [5, 5.41) is 6.18. The van der Waals surface area contributed by atoms with E-state index in [0.29, 0.717) is 22.9 Å². The first-order valence-electron chi connectivity index (χ1n) is 6.62. The highest BCUT2D eigenvalue weighted by Crippen LogP contribution is 2.17. The zero-order valence-corrected chi connectivity index (χ0v) is 13.1. The Labute approximate surface area is 128 Å². The topological polar surface area (TPSA) is 57.3 Å². The zero-order chi connectivity index (χ0) is 14.4. The standard InChI is InChI=1S/C13H19ClN4OS/c1-15-12-8-10(11(14)9-17-12)13(19)16-2-3-18-4-6-20-7-5-18/h8-9H,2-7H2,1H3,(H,15,17)(H,16,19). The van der Waals surface area contributed by atoms with Crippen molar-refractivity contribution in [1.29, 1.82) is 0 Å². The van der Waals surface area contributed by atoms with Gasteiger partial charge in [0.25, 0.3) is 5.91 Å². The molecule has 5 nitrogen and oxygen atoms in total. The first-order valence-corrected chi connectivity index (χ1v) is 8.15. The predicted molar refractivity (Wildman–Crippen MR) is 84.9 cm³/mol. The number of carbonyl (C=O) groups is 1. The summed E-state index contributed by atoms with van der Waals surface area (Å²) in [7, 11) is 1.76. The Balaban J connectivity index is 1.84. The van der Waals surface area contributed by atoms with Crippen molar-refractivity contribution >= 4 is 35.1 Å². The number of carbonyl (C=O) groups excluding carboxylic acids is 1. The van der Waals surface area contributed by atoms with E-state index in [-0.39, 0.29) is 5.91 Å². The van der Waals surface area contributed by atoms with Gasteiger partial charge in [0.15, 0.2) is 0 Å². The number of anilines is 1. The smallest absolute Gasteiger partial charge is 0.253 e. The minimum Gasteiger partial charge on any atom is -0.373 e. The molecule has 1 fully saturated rings. The van der Waals surface area contributed by atoms with Crippen LogP contribution in [0.25, 0.3) is 0 Å². The Kier molecular flexibility index (Phi) is 5.94. The molecule has 7 heteroatoms. The Bertz CT molecular complexity index is 466. The van der Waals surface area contributed by atoms with Crippen LogP contribution in [0.4, 0.5) is 5.82 Å². The van der Waals surface area contributed by atoms with Crippen molar-refractivity contribution in [3.63, 3.8) is 0 Å². The van der Waals surface area contributed by atoms with Crippen LogP contribution in [0.5, 0.6) is 0 Å². The minimum absolute atomic E-state index is 0.153. The SMILES string of the molecule is CNc1cc(C(=O)NCCN2CCSCC2)c(Cl)cn1. The van der Waals surface area contributed by atoms with Crippen LogP contribution in [-0.2, 0) is 0 Å². The van der Waals surface area contributed by atoms with Crippen LogP contribution in [0.1, 0.15) is 10.4 Å². The third-order valence-electron chi connectivity index (χ3n) is 3.17. The lowest BCUT2D eigenvalue weighted by atomic mass is 10.2. The van der Waals surface area contributed by atoms with Gasteiger partial charge in [-0.15, -0.1) is 0 Å². The number of nitrogens with zero attached hydrogens (tertiary/aromatic N) is 2. The monoisotopic (exact) mass is 314 g/mol. The van der Waals surface area contributed by atoms with Crippen molar-refractivity contribution in [3.05, 3.63) is 22.8 Å². The lowest BCUT2D eigenvalue weighted by molar-refractivity contribution is 0.0949. The van der Waals surface area contributed by atoms with Gasteiger partial charge in [0.05, 0.1) is 10.6 Å². The zero-order valence-electron chi connectivity index (χ0n) is 11.5. The van der Waals surface area contributed by atoms with E-state index in [1.54, 1.807) is 13.1 Å². The third kappa shape index (κ3) is 4.26. The van der Waals surface area contributed by atoms with E-state index in [0.717, 1.165) is 19.6 Å². The quantitative estimate of drug-likeness (QED) is 0.864. The number of amides is 1. The number of hydrogen-bond acceptors (Lipinski definition) is 5. The summed E-state index contributed by atoms with van der Waals surface area (Å²) in [5.41, 5.74) is 0.459. The normalized spacial score (nSPS) is 15.9. The molecule has 1 aromatic heterocycles. The summed E-state index contributed by atoms with van der Waals surface area (Å²) in [5.74, 6) is 2.83. The van der Waals surface area contributed by atoms with Crippen LogP contribution in [0, 0.1) is 0 Å². The number of pyridine rings is 1. The molecule has 0 bridgehead atoms. The maximum Gasteiger partial charge on any atom is 0.253 e. The second-order valence-electron chi connectivity index (χ2n) is 4.51. The fourth-order valence-corrected chi connectivity index (χ4v) is 3.16. The van der Waals surface area contributed by atoms with Gasteiger partial charge in [-0.25, -0.2) is 4.98 Å². The van der Waals surface area contributed by atoms with Gasteiger partial charge in [0, 0.05) is 50.9 Å². The van der Waals surface area contributed by atoms with Gasteiger partial charge < -0.3 is 10.6 Å². The molecule has 0 aromatic carbocycles. The Morgan fingerprint density at radius 2 is 2.25 bits per heavy atom. The molecule has 1 amide bonds. The van der Waals surface area contributed by atoms with Crippen LogP contribution in [0.2, 0.25) is 5.02 Å². The van der Waals surface area contributed by atoms with E-state index in [4.69, 9.17) is 11.6 Å². The summed E-state index contributed by atoms with van der Waals surface area (Å²) in [6.07, 6.45) is 1.49. The lowest BCUT2D eigenvalue weighted by Gasteiger charge is -2.26. The van der Waals surface area contributed by atoms with Crippen molar-refractivity contribution in [3.8, 4) is 0 Å². The van der Waals surface area contributed by atoms with Gasteiger partial charge in [0.2, 0.25) is 0 Å². The van der Waals surface area contributed by atoms with Crippen molar-refractivity contribution < 1.29 is 4.79 Å². The van der Waals surface area contributed by atoms with E-state index in [1.165, 1.54) is 17.7 Å². The first-order chi connectivity index (χ1) is 9.70. The van der Waals surface area contributed by atoms with Crippen molar-refractivity contribution in [2.75, 3.05) is 50.0 Å². The molecular formula is C13H19ClN4OS. The minimum atomic E-state index is -0.153. The molecule has 0 atom stereocenters. The van der Waals surface area contributed by atoms with Gasteiger partial charge in [-0.3, -0.25) is 9.69 Å². The van der Waals surface area contributed by atoms with Gasteiger partial charge in [0.1, 0.15) is 5.82 Å². The molecule has 1 aliphatic rings. The number of nitrogens with one attached hydrogen (secondary N) is 2. The predicted octanol–water partition coefficient (Wildman–Crippen LogP) is 1.56. The Morgan fingerprint density at radius 3 is 2.95 bits per heavy atom. The summed E-state index contributed by atoms with van der Waals surface area (Å²) in [6, 6.07) is 1.66. The number of hydrogen-bond donors (Lipinski definition) is 2. The second kappa shape index (κ2) is 7.71. The van der Waals surface area contributed by atoms with Crippen LogP contribution in [0.15, 0.2) is 12.3 Å². The highest BCUT2D eigenvalue weighted by Gasteiger charge is 2.13. The average molecular weight is 315 g/mol. The molecule has 0 saturated carbocycles. The van der Waals surface area contributed by atoms with Crippen LogP contribution < -0.4 is 10.6 Å². The molecule has 0 spiro atoms.